The summed E-state index contributed by atoms with van der Waals surface area (Å²) in [6.45, 7) is 1.13. The van der Waals surface area contributed by atoms with E-state index in [0.717, 1.165) is 13.1 Å². The summed E-state index contributed by atoms with van der Waals surface area (Å²) in [5.41, 5.74) is -0.296. The predicted molar refractivity (Wildman–Crippen MR) is 49.6 cm³/mol. The molecule has 1 N–H and O–H groups in total. The van der Waals surface area contributed by atoms with Gasteiger partial charge in [0.15, 0.2) is 0 Å². The number of carbonyl (C=O) groups is 1. The monoisotopic (exact) mass is 251 g/mol. The number of anilines is 1. The number of nitrogens with zero attached hydrogens (tertiary/aromatic N) is 2. The molecule has 0 bridgehead atoms. The van der Waals surface area contributed by atoms with Gasteiger partial charge in [0, 0.05) is 6.92 Å². The average molecular weight is 251 g/mol. The van der Waals surface area contributed by atoms with Gasteiger partial charge in [0.05, 0.1) is 13.3 Å². The number of halogens is 3. The first-order valence-electron chi connectivity index (χ1n) is 4.26. The second-order valence-corrected chi connectivity index (χ2v) is 2.80. The minimum Gasteiger partial charge on any atom is -0.467 e. The molecule has 1 amide bonds. The second-order valence-electron chi connectivity index (χ2n) is 2.80. The van der Waals surface area contributed by atoms with Gasteiger partial charge < -0.3 is 14.8 Å². The van der Waals surface area contributed by atoms with Crippen LogP contribution in [-0.4, -0.2) is 29.3 Å². The molecule has 0 aromatic carbocycles. The molecule has 0 radical (unpaired) electrons. The van der Waals surface area contributed by atoms with E-state index in [9.17, 15) is 18.0 Å². The fourth-order valence-corrected chi connectivity index (χ4v) is 0.912. The molecule has 1 rings (SSSR count). The quantitative estimate of drug-likeness (QED) is 0.877. The SMILES string of the molecule is COc1ncc(NC(C)=O)c(OC(F)(F)F)n1. The second kappa shape index (κ2) is 4.85. The van der Waals surface area contributed by atoms with Gasteiger partial charge in [-0.2, -0.15) is 4.98 Å². The Morgan fingerprint density at radius 2 is 2.12 bits per heavy atom. The smallest absolute Gasteiger partial charge is 0.467 e. The summed E-state index contributed by atoms with van der Waals surface area (Å²) >= 11 is 0. The first-order valence-corrected chi connectivity index (χ1v) is 4.26. The largest absolute Gasteiger partial charge is 0.574 e. The maximum atomic E-state index is 12.1. The van der Waals surface area contributed by atoms with Crippen molar-refractivity contribution in [2.45, 2.75) is 13.3 Å². The Labute approximate surface area is 93.8 Å². The molecule has 17 heavy (non-hydrogen) atoms. The number of nitrogens with one attached hydrogen (secondary N) is 1. The van der Waals surface area contributed by atoms with Crippen LogP contribution < -0.4 is 14.8 Å². The number of aromatic nitrogens is 2. The minimum absolute atomic E-state index is 0.296. The Morgan fingerprint density at radius 1 is 1.47 bits per heavy atom. The Balaban J connectivity index is 3.07. The summed E-state index contributed by atoms with van der Waals surface area (Å²) in [5.74, 6) is -1.41. The van der Waals surface area contributed by atoms with Gasteiger partial charge in [-0.3, -0.25) is 4.79 Å². The van der Waals surface area contributed by atoms with Crippen molar-refractivity contribution in [3.8, 4) is 11.9 Å². The molecule has 9 heteroatoms. The normalized spacial score (nSPS) is 10.9. The van der Waals surface area contributed by atoms with E-state index in [1.165, 1.54) is 7.11 Å². The van der Waals surface area contributed by atoms with Crippen molar-refractivity contribution in [1.82, 2.24) is 9.97 Å². The summed E-state index contributed by atoms with van der Waals surface area (Å²) in [5, 5.41) is 2.10. The van der Waals surface area contributed by atoms with E-state index in [1.807, 2.05) is 0 Å². The molecule has 6 nitrogen and oxygen atoms in total. The van der Waals surface area contributed by atoms with Crippen LogP contribution in [0.1, 0.15) is 6.92 Å². The van der Waals surface area contributed by atoms with Crippen LogP contribution in [0.2, 0.25) is 0 Å². The van der Waals surface area contributed by atoms with Crippen LogP contribution in [0, 0.1) is 0 Å². The number of alkyl halides is 3. The van der Waals surface area contributed by atoms with E-state index in [2.05, 4.69) is 24.8 Å². The van der Waals surface area contributed by atoms with Crippen molar-refractivity contribution in [3.05, 3.63) is 6.20 Å². The summed E-state index contributed by atoms with van der Waals surface area (Å²) in [7, 11) is 1.19. The van der Waals surface area contributed by atoms with E-state index < -0.39 is 18.1 Å². The average Bonchev–Trinajstić information content (AvgIpc) is 2.17. The Kier molecular flexibility index (Phi) is 3.71. The highest BCUT2D eigenvalue weighted by Crippen LogP contribution is 2.28. The summed E-state index contributed by atoms with van der Waals surface area (Å²) in [6, 6.07) is -0.307. The highest BCUT2D eigenvalue weighted by atomic mass is 19.4. The van der Waals surface area contributed by atoms with Gasteiger partial charge in [-0.25, -0.2) is 4.98 Å². The fourth-order valence-electron chi connectivity index (χ4n) is 0.912. The maximum absolute atomic E-state index is 12.1. The highest BCUT2D eigenvalue weighted by molar-refractivity contribution is 5.89. The van der Waals surface area contributed by atoms with E-state index >= 15 is 0 Å². The van der Waals surface area contributed by atoms with Crippen LogP contribution in [0.3, 0.4) is 0 Å². The third kappa shape index (κ3) is 4.13. The van der Waals surface area contributed by atoms with Crippen LogP contribution in [0.5, 0.6) is 11.9 Å². The van der Waals surface area contributed by atoms with E-state index in [1.54, 1.807) is 0 Å². The molecule has 0 spiro atoms. The standard InChI is InChI=1S/C8H8F3N3O3/c1-4(15)13-5-3-12-7(16-2)14-6(5)17-8(9,10)11/h3H,1-2H3,(H,13,15). The van der Waals surface area contributed by atoms with Crippen molar-refractivity contribution >= 4 is 11.6 Å². The van der Waals surface area contributed by atoms with Gasteiger partial charge in [0.25, 0.3) is 5.88 Å². The van der Waals surface area contributed by atoms with Gasteiger partial charge in [-0.1, -0.05) is 0 Å². The molecule has 1 aromatic heterocycles. The highest BCUT2D eigenvalue weighted by Gasteiger charge is 2.33. The van der Waals surface area contributed by atoms with E-state index in [-0.39, 0.29) is 11.7 Å². The van der Waals surface area contributed by atoms with E-state index in [0.29, 0.717) is 0 Å². The van der Waals surface area contributed by atoms with Crippen molar-refractivity contribution in [3.63, 3.8) is 0 Å². The van der Waals surface area contributed by atoms with Gasteiger partial charge in [-0.15, -0.1) is 13.2 Å². The van der Waals surface area contributed by atoms with Crippen LogP contribution in [0.25, 0.3) is 0 Å². The zero-order chi connectivity index (χ0) is 13.1. The first-order chi connectivity index (χ1) is 7.81. The molecular formula is C8H8F3N3O3. The third-order valence-corrected chi connectivity index (χ3v) is 1.44. The number of amides is 1. The lowest BCUT2D eigenvalue weighted by molar-refractivity contribution is -0.275. The van der Waals surface area contributed by atoms with Crippen LogP contribution in [0.15, 0.2) is 6.20 Å². The number of rotatable bonds is 3. The molecule has 1 heterocycles. The molecule has 94 valence electrons. The number of carbonyl (C=O) groups excluding carboxylic acids is 1. The molecule has 0 aliphatic heterocycles. The van der Waals surface area contributed by atoms with Crippen molar-refractivity contribution in [1.29, 1.82) is 0 Å². The lowest BCUT2D eigenvalue weighted by atomic mass is 10.5. The third-order valence-electron chi connectivity index (χ3n) is 1.44. The summed E-state index contributed by atoms with van der Waals surface area (Å²) < 4.78 is 44.4. The van der Waals surface area contributed by atoms with Gasteiger partial charge in [0.1, 0.15) is 5.69 Å². The molecule has 0 aliphatic rings. The molecule has 0 fully saturated rings. The number of hydrogen-bond acceptors (Lipinski definition) is 5. The summed E-state index contributed by atoms with van der Waals surface area (Å²) in [4.78, 5) is 17.6. The van der Waals surface area contributed by atoms with Crippen LogP contribution in [0.4, 0.5) is 18.9 Å². The maximum Gasteiger partial charge on any atom is 0.574 e. The molecule has 1 aromatic rings. The number of methoxy groups -OCH3 is 1. The summed E-state index contributed by atoms with van der Waals surface area (Å²) in [6.07, 6.45) is -3.97. The first kappa shape index (κ1) is 13.0. The molecule has 0 atom stereocenters. The van der Waals surface area contributed by atoms with Crippen molar-refractivity contribution in [2.75, 3.05) is 12.4 Å². The van der Waals surface area contributed by atoms with Crippen molar-refractivity contribution in [2.24, 2.45) is 0 Å². The lowest BCUT2D eigenvalue weighted by Gasteiger charge is -2.12. The van der Waals surface area contributed by atoms with E-state index in [4.69, 9.17) is 0 Å². The zero-order valence-corrected chi connectivity index (χ0v) is 8.83. The predicted octanol–water partition coefficient (Wildman–Crippen LogP) is 1.34. The topological polar surface area (TPSA) is 73.3 Å². The molecule has 0 unspecified atom stereocenters. The fraction of sp³-hybridized carbons (Fsp3) is 0.375. The van der Waals surface area contributed by atoms with Crippen LogP contribution in [-0.2, 0) is 4.79 Å². The lowest BCUT2D eigenvalue weighted by Crippen LogP contribution is -2.20. The van der Waals surface area contributed by atoms with Gasteiger partial charge in [0.2, 0.25) is 5.91 Å². The molecule has 0 saturated carbocycles. The molecule has 0 saturated heterocycles. The Bertz CT molecular complexity index is 422. The zero-order valence-electron chi connectivity index (χ0n) is 8.83. The van der Waals surface area contributed by atoms with Gasteiger partial charge in [-0.05, 0) is 0 Å². The number of ether oxygens (including phenoxy) is 2. The Morgan fingerprint density at radius 3 is 2.59 bits per heavy atom. The molecular weight excluding hydrogens is 243 g/mol. The van der Waals surface area contributed by atoms with Crippen molar-refractivity contribution < 1.29 is 27.4 Å². The molecule has 0 aliphatic carbocycles. The van der Waals surface area contributed by atoms with Crippen LogP contribution >= 0.6 is 0 Å². The van der Waals surface area contributed by atoms with Gasteiger partial charge >= 0.3 is 12.4 Å². The number of hydrogen-bond donors (Lipinski definition) is 1. The Hall–Kier alpha value is -2.06. The minimum atomic E-state index is -4.92.